The number of rotatable bonds is 5. The van der Waals surface area contributed by atoms with Crippen LogP contribution in [0.5, 0.6) is 0 Å². The van der Waals surface area contributed by atoms with Crippen LogP contribution in [0.25, 0.3) is 0 Å². The lowest BCUT2D eigenvalue weighted by molar-refractivity contribution is 0.161. The minimum absolute atomic E-state index is 0.566. The van der Waals surface area contributed by atoms with Crippen LogP contribution in [0, 0.1) is 5.92 Å². The van der Waals surface area contributed by atoms with Crippen molar-refractivity contribution in [1.82, 2.24) is 10.2 Å². The van der Waals surface area contributed by atoms with Gasteiger partial charge in [0.05, 0.1) is 0 Å². The largest absolute Gasteiger partial charge is 0.329 e. The molecule has 3 N–H and O–H groups in total. The quantitative estimate of drug-likeness (QED) is 0.683. The predicted octanol–water partition coefficient (Wildman–Crippen LogP) is 0.655. The average Bonchev–Trinajstić information content (AvgIpc) is 2.18. The van der Waals surface area contributed by atoms with Crippen LogP contribution in [-0.2, 0) is 0 Å². The molecule has 0 aromatic carbocycles. The fourth-order valence-electron chi connectivity index (χ4n) is 2.03. The molecule has 3 nitrogen and oxygen atoms in total. The third kappa shape index (κ3) is 3.95. The molecule has 1 saturated heterocycles. The Morgan fingerprint density at radius 1 is 1.50 bits per heavy atom. The van der Waals surface area contributed by atoms with Crippen LogP contribution < -0.4 is 11.1 Å². The van der Waals surface area contributed by atoms with Gasteiger partial charge in [-0.3, -0.25) is 4.90 Å². The van der Waals surface area contributed by atoms with Gasteiger partial charge in [-0.1, -0.05) is 13.8 Å². The van der Waals surface area contributed by atoms with E-state index in [0.29, 0.717) is 6.04 Å². The predicted molar refractivity (Wildman–Crippen MR) is 61.4 cm³/mol. The third-order valence-electron chi connectivity index (χ3n) is 2.97. The van der Waals surface area contributed by atoms with Crippen LogP contribution in [-0.4, -0.2) is 43.7 Å². The number of nitrogens with two attached hydrogens (primary N) is 1. The molecule has 14 heavy (non-hydrogen) atoms. The van der Waals surface area contributed by atoms with E-state index in [0.717, 1.165) is 25.6 Å². The van der Waals surface area contributed by atoms with E-state index < -0.39 is 0 Å². The Morgan fingerprint density at radius 2 is 2.29 bits per heavy atom. The van der Waals surface area contributed by atoms with E-state index in [1.165, 1.54) is 25.9 Å². The van der Waals surface area contributed by atoms with Crippen LogP contribution in [0.1, 0.15) is 26.7 Å². The van der Waals surface area contributed by atoms with E-state index in [1.54, 1.807) is 0 Å². The zero-order valence-corrected chi connectivity index (χ0v) is 9.63. The van der Waals surface area contributed by atoms with E-state index in [4.69, 9.17) is 5.73 Å². The molecule has 0 radical (unpaired) electrons. The summed E-state index contributed by atoms with van der Waals surface area (Å²) in [6.45, 7) is 9.95. The van der Waals surface area contributed by atoms with Gasteiger partial charge >= 0.3 is 0 Å². The van der Waals surface area contributed by atoms with Crippen molar-refractivity contribution >= 4 is 0 Å². The van der Waals surface area contributed by atoms with Crippen LogP contribution >= 0.6 is 0 Å². The van der Waals surface area contributed by atoms with Gasteiger partial charge in [0.1, 0.15) is 0 Å². The summed E-state index contributed by atoms with van der Waals surface area (Å²) in [5.74, 6) is 0.828. The maximum Gasteiger partial charge on any atom is 0.0343 e. The van der Waals surface area contributed by atoms with Crippen molar-refractivity contribution in [2.24, 2.45) is 11.7 Å². The second kappa shape index (κ2) is 6.38. The number of hydrogen-bond donors (Lipinski definition) is 2. The Labute approximate surface area is 88.0 Å². The lowest BCUT2D eigenvalue weighted by Crippen LogP contribution is -2.54. The highest BCUT2D eigenvalue weighted by molar-refractivity contribution is 4.80. The molecule has 1 aliphatic heterocycles. The molecule has 0 bridgehead atoms. The second-order valence-corrected chi connectivity index (χ2v) is 4.67. The first-order valence-electron chi connectivity index (χ1n) is 5.89. The van der Waals surface area contributed by atoms with Gasteiger partial charge in [-0.2, -0.15) is 0 Å². The van der Waals surface area contributed by atoms with Crippen molar-refractivity contribution < 1.29 is 0 Å². The highest BCUT2D eigenvalue weighted by Gasteiger charge is 2.19. The summed E-state index contributed by atoms with van der Waals surface area (Å²) < 4.78 is 0. The minimum Gasteiger partial charge on any atom is -0.329 e. The van der Waals surface area contributed by atoms with Crippen LogP contribution in [0.2, 0.25) is 0 Å². The van der Waals surface area contributed by atoms with E-state index >= 15 is 0 Å². The minimum atomic E-state index is 0.566. The lowest BCUT2D eigenvalue weighted by atomic mass is 10.1. The number of piperazine rings is 1. The first-order valence-corrected chi connectivity index (χ1v) is 5.89. The molecule has 84 valence electrons. The summed E-state index contributed by atoms with van der Waals surface area (Å²) in [7, 11) is 0. The number of nitrogens with one attached hydrogen (secondary N) is 1. The molecule has 0 amide bonds. The summed E-state index contributed by atoms with van der Waals surface area (Å²) in [4.78, 5) is 2.54. The Bertz CT molecular complexity index is 147. The van der Waals surface area contributed by atoms with Crippen molar-refractivity contribution in [1.29, 1.82) is 0 Å². The Balaban J connectivity index is 2.19. The van der Waals surface area contributed by atoms with Gasteiger partial charge in [0.15, 0.2) is 0 Å². The molecule has 0 aromatic rings. The summed E-state index contributed by atoms with van der Waals surface area (Å²) in [6, 6.07) is 0.566. The molecule has 1 aliphatic rings. The molecule has 3 heteroatoms. The second-order valence-electron chi connectivity index (χ2n) is 4.67. The summed E-state index contributed by atoms with van der Waals surface area (Å²) in [5, 5.41) is 3.39. The van der Waals surface area contributed by atoms with Crippen molar-refractivity contribution in [3.8, 4) is 0 Å². The standard InChI is InChI=1S/C11H25N3/c1-10(2)4-3-6-14-7-5-13-9-11(14)8-12/h10-11,13H,3-9,12H2,1-2H3. The molecule has 1 rings (SSSR count). The molecule has 0 aromatic heterocycles. The van der Waals surface area contributed by atoms with Gasteiger partial charge in [0, 0.05) is 32.2 Å². The van der Waals surface area contributed by atoms with Gasteiger partial charge in [-0.25, -0.2) is 0 Å². The number of nitrogens with zero attached hydrogens (tertiary/aromatic N) is 1. The summed E-state index contributed by atoms with van der Waals surface area (Å²) >= 11 is 0. The SMILES string of the molecule is CC(C)CCCN1CCNCC1CN. The molecule has 1 heterocycles. The van der Waals surface area contributed by atoms with E-state index in [1.807, 2.05) is 0 Å². The van der Waals surface area contributed by atoms with Crippen molar-refractivity contribution in [3.05, 3.63) is 0 Å². The third-order valence-corrected chi connectivity index (χ3v) is 2.97. The van der Waals surface area contributed by atoms with E-state index in [-0.39, 0.29) is 0 Å². The first kappa shape index (κ1) is 12.0. The molecule has 0 spiro atoms. The molecular weight excluding hydrogens is 174 g/mol. The topological polar surface area (TPSA) is 41.3 Å². The Kier molecular flexibility index (Phi) is 5.45. The lowest BCUT2D eigenvalue weighted by Gasteiger charge is -2.35. The maximum atomic E-state index is 5.74. The highest BCUT2D eigenvalue weighted by Crippen LogP contribution is 2.08. The normalized spacial score (nSPS) is 24.4. The Morgan fingerprint density at radius 3 is 2.93 bits per heavy atom. The number of hydrogen-bond acceptors (Lipinski definition) is 3. The smallest absolute Gasteiger partial charge is 0.0343 e. The van der Waals surface area contributed by atoms with Crippen molar-refractivity contribution in [2.45, 2.75) is 32.7 Å². The molecule has 1 atom stereocenters. The van der Waals surface area contributed by atoms with Crippen molar-refractivity contribution in [2.75, 3.05) is 32.7 Å². The summed E-state index contributed by atoms with van der Waals surface area (Å²) in [6.07, 6.45) is 2.65. The van der Waals surface area contributed by atoms with Gasteiger partial charge in [0.25, 0.3) is 0 Å². The fourth-order valence-corrected chi connectivity index (χ4v) is 2.03. The van der Waals surface area contributed by atoms with Crippen LogP contribution in [0.3, 0.4) is 0 Å². The molecule has 1 unspecified atom stereocenters. The zero-order valence-electron chi connectivity index (χ0n) is 9.63. The molecule has 1 fully saturated rings. The molecule has 0 aliphatic carbocycles. The van der Waals surface area contributed by atoms with Crippen LogP contribution in [0.4, 0.5) is 0 Å². The molecular formula is C11H25N3. The monoisotopic (exact) mass is 199 g/mol. The first-order chi connectivity index (χ1) is 6.74. The average molecular weight is 199 g/mol. The Hall–Kier alpha value is -0.120. The summed E-state index contributed by atoms with van der Waals surface area (Å²) in [5.41, 5.74) is 5.74. The van der Waals surface area contributed by atoms with Gasteiger partial charge in [-0.05, 0) is 25.3 Å². The van der Waals surface area contributed by atoms with Crippen molar-refractivity contribution in [3.63, 3.8) is 0 Å². The fraction of sp³-hybridized carbons (Fsp3) is 1.00. The highest BCUT2D eigenvalue weighted by atomic mass is 15.2. The zero-order chi connectivity index (χ0) is 10.4. The van der Waals surface area contributed by atoms with Gasteiger partial charge in [-0.15, -0.1) is 0 Å². The molecule has 0 saturated carbocycles. The van der Waals surface area contributed by atoms with E-state index in [9.17, 15) is 0 Å². The van der Waals surface area contributed by atoms with Crippen LogP contribution in [0.15, 0.2) is 0 Å². The van der Waals surface area contributed by atoms with Gasteiger partial charge < -0.3 is 11.1 Å². The van der Waals surface area contributed by atoms with Gasteiger partial charge in [0.2, 0.25) is 0 Å². The maximum absolute atomic E-state index is 5.74. The van der Waals surface area contributed by atoms with E-state index in [2.05, 4.69) is 24.1 Å².